The van der Waals surface area contributed by atoms with Crippen LogP contribution in [0.15, 0.2) is 30.6 Å². The molecule has 2 aromatic rings. The van der Waals surface area contributed by atoms with Crippen LogP contribution in [0.4, 0.5) is 5.82 Å². The maximum absolute atomic E-state index is 13.4. The smallest absolute Gasteiger partial charge is 0.272 e. The zero-order chi connectivity index (χ0) is 29.1. The van der Waals surface area contributed by atoms with Crippen LogP contribution in [0.1, 0.15) is 80.6 Å². The third-order valence-electron chi connectivity index (χ3n) is 8.48. The fourth-order valence-electron chi connectivity index (χ4n) is 6.04. The highest BCUT2D eigenvalue weighted by atomic mass is 32.2. The van der Waals surface area contributed by atoms with E-state index < -0.39 is 10.0 Å². The molecule has 40 heavy (non-hydrogen) atoms. The number of amides is 1. The van der Waals surface area contributed by atoms with Crippen molar-refractivity contribution in [2.45, 2.75) is 84.3 Å². The van der Waals surface area contributed by atoms with E-state index in [2.05, 4.69) is 65.2 Å². The Morgan fingerprint density at radius 2 is 1.65 bits per heavy atom. The van der Waals surface area contributed by atoms with Crippen molar-refractivity contribution >= 4 is 21.7 Å². The Balaban J connectivity index is 1.30. The Kier molecular flexibility index (Phi) is 9.52. The quantitative estimate of drug-likeness (QED) is 0.511. The molecule has 0 unspecified atom stereocenters. The largest absolute Gasteiger partial charge is 0.366 e. The Labute approximate surface area is 240 Å². The van der Waals surface area contributed by atoms with Gasteiger partial charge in [0.2, 0.25) is 10.0 Å². The number of carbonyl (C=O) groups excluding carboxylic acids is 1. The molecule has 1 aromatic heterocycles. The fourth-order valence-corrected chi connectivity index (χ4v) is 7.26. The SMILES string of the molecule is CCN(C1CCN(C2CCN(C(=O)c3ncnc(NCc4ccc(C(C)(C)C)cc4)c3C)CC2)CC1)S(C)(=O)=O. The van der Waals surface area contributed by atoms with Gasteiger partial charge in [-0.15, -0.1) is 0 Å². The number of nitrogens with zero attached hydrogens (tertiary/aromatic N) is 5. The first-order valence-corrected chi connectivity index (χ1v) is 16.4. The lowest BCUT2D eigenvalue weighted by atomic mass is 9.87. The lowest BCUT2D eigenvalue weighted by Crippen LogP contribution is -2.52. The van der Waals surface area contributed by atoms with Gasteiger partial charge in [0.05, 0.1) is 6.26 Å². The monoisotopic (exact) mass is 570 g/mol. The molecule has 9 nitrogen and oxygen atoms in total. The standard InChI is InChI=1S/C30H46N6O3S/c1-7-36(40(6,38)39)26-14-16-34(17-15-26)25-12-18-35(19-13-25)29(37)27-22(2)28(33-21-32-27)31-20-23-8-10-24(11-9-23)30(3,4)5/h8-11,21,25-26H,7,12-20H2,1-6H3,(H,31,32,33). The fraction of sp³-hybridized carbons (Fsp3) is 0.633. The van der Waals surface area contributed by atoms with E-state index in [0.29, 0.717) is 43.7 Å². The number of piperidine rings is 2. The van der Waals surface area contributed by atoms with Gasteiger partial charge in [-0.25, -0.2) is 18.4 Å². The molecule has 2 saturated heterocycles. The predicted molar refractivity (Wildman–Crippen MR) is 160 cm³/mol. The number of hydrogen-bond acceptors (Lipinski definition) is 7. The number of likely N-dealkylation sites (tertiary alicyclic amines) is 2. The molecule has 1 aromatic carbocycles. The molecular formula is C30H46N6O3S. The van der Waals surface area contributed by atoms with Crippen LogP contribution in [0.5, 0.6) is 0 Å². The van der Waals surface area contributed by atoms with Crippen LogP contribution in [0.25, 0.3) is 0 Å². The third-order valence-corrected chi connectivity index (χ3v) is 9.89. The Bertz CT molecular complexity index is 1260. The highest BCUT2D eigenvalue weighted by Crippen LogP contribution is 2.26. The predicted octanol–water partition coefficient (Wildman–Crippen LogP) is 4.05. The summed E-state index contributed by atoms with van der Waals surface area (Å²) in [7, 11) is -3.18. The first-order chi connectivity index (χ1) is 18.9. The first-order valence-electron chi connectivity index (χ1n) is 14.5. The second-order valence-corrected chi connectivity index (χ2v) is 14.2. The summed E-state index contributed by atoms with van der Waals surface area (Å²) in [4.78, 5) is 26.6. The highest BCUT2D eigenvalue weighted by Gasteiger charge is 2.34. The van der Waals surface area contributed by atoms with Crippen molar-refractivity contribution in [3.63, 3.8) is 0 Å². The van der Waals surface area contributed by atoms with Crippen molar-refractivity contribution in [2.75, 3.05) is 44.3 Å². The van der Waals surface area contributed by atoms with Crippen LogP contribution in [-0.4, -0.2) is 89.5 Å². The van der Waals surface area contributed by atoms with Gasteiger partial charge in [0.25, 0.3) is 5.91 Å². The number of benzene rings is 1. The molecule has 10 heteroatoms. The lowest BCUT2D eigenvalue weighted by Gasteiger charge is -2.43. The van der Waals surface area contributed by atoms with Crippen molar-refractivity contribution < 1.29 is 13.2 Å². The summed E-state index contributed by atoms with van der Waals surface area (Å²) in [5.41, 5.74) is 3.80. The van der Waals surface area contributed by atoms with Crippen molar-refractivity contribution in [1.29, 1.82) is 0 Å². The molecule has 2 fully saturated rings. The maximum atomic E-state index is 13.4. The zero-order valence-electron chi connectivity index (χ0n) is 25.0. The summed E-state index contributed by atoms with van der Waals surface area (Å²) >= 11 is 0. The summed E-state index contributed by atoms with van der Waals surface area (Å²) in [5, 5.41) is 3.39. The molecule has 2 aliphatic heterocycles. The molecule has 4 rings (SSSR count). The number of nitrogens with one attached hydrogen (secondary N) is 1. The van der Waals surface area contributed by atoms with Crippen LogP contribution in [0.3, 0.4) is 0 Å². The van der Waals surface area contributed by atoms with Crippen LogP contribution in [-0.2, 0) is 22.0 Å². The topological polar surface area (TPSA) is 98.7 Å². The Morgan fingerprint density at radius 3 is 2.20 bits per heavy atom. The normalized spacial score (nSPS) is 18.3. The van der Waals surface area contributed by atoms with E-state index in [1.165, 1.54) is 18.1 Å². The summed E-state index contributed by atoms with van der Waals surface area (Å²) in [6.07, 6.45) is 6.32. The Hall–Kier alpha value is -2.56. The van der Waals surface area contributed by atoms with Crippen molar-refractivity contribution in [1.82, 2.24) is 24.1 Å². The molecule has 0 saturated carbocycles. The molecule has 1 N–H and O–H groups in total. The summed E-state index contributed by atoms with van der Waals surface area (Å²) < 4.78 is 25.9. The van der Waals surface area contributed by atoms with Crippen molar-refractivity contribution in [3.8, 4) is 0 Å². The van der Waals surface area contributed by atoms with E-state index in [4.69, 9.17) is 0 Å². The number of sulfonamides is 1. The molecule has 0 spiro atoms. The van der Waals surface area contributed by atoms with Crippen LogP contribution < -0.4 is 5.32 Å². The van der Waals surface area contributed by atoms with E-state index in [-0.39, 0.29) is 17.4 Å². The van der Waals surface area contributed by atoms with Crippen LogP contribution >= 0.6 is 0 Å². The first kappa shape index (κ1) is 30.4. The van der Waals surface area contributed by atoms with E-state index in [1.54, 1.807) is 4.31 Å². The second-order valence-electron chi connectivity index (χ2n) is 12.3. The lowest BCUT2D eigenvalue weighted by molar-refractivity contribution is 0.0536. The van der Waals surface area contributed by atoms with Gasteiger partial charge < -0.3 is 15.1 Å². The van der Waals surface area contributed by atoms with E-state index >= 15 is 0 Å². The summed E-state index contributed by atoms with van der Waals surface area (Å²) in [6, 6.07) is 9.11. The summed E-state index contributed by atoms with van der Waals surface area (Å²) in [5.74, 6) is 0.646. The molecule has 3 heterocycles. The number of aromatic nitrogens is 2. The minimum Gasteiger partial charge on any atom is -0.366 e. The summed E-state index contributed by atoms with van der Waals surface area (Å²) in [6.45, 7) is 14.8. The molecule has 220 valence electrons. The minimum atomic E-state index is -3.18. The van der Waals surface area contributed by atoms with E-state index in [0.717, 1.165) is 49.9 Å². The average molecular weight is 571 g/mol. The maximum Gasteiger partial charge on any atom is 0.272 e. The highest BCUT2D eigenvalue weighted by molar-refractivity contribution is 7.88. The molecule has 0 bridgehead atoms. The van der Waals surface area contributed by atoms with Crippen molar-refractivity contribution in [2.24, 2.45) is 0 Å². The van der Waals surface area contributed by atoms with E-state index in [1.807, 2.05) is 18.7 Å². The molecule has 0 radical (unpaired) electrons. The number of anilines is 1. The van der Waals surface area contributed by atoms with Gasteiger partial charge in [-0.3, -0.25) is 4.79 Å². The van der Waals surface area contributed by atoms with Gasteiger partial charge in [-0.05, 0) is 62.2 Å². The average Bonchev–Trinajstić information content (AvgIpc) is 2.92. The van der Waals surface area contributed by atoms with Gasteiger partial charge in [0.15, 0.2) is 0 Å². The van der Waals surface area contributed by atoms with Gasteiger partial charge in [-0.2, -0.15) is 4.31 Å². The zero-order valence-corrected chi connectivity index (χ0v) is 25.8. The molecule has 0 aliphatic carbocycles. The van der Waals surface area contributed by atoms with Crippen molar-refractivity contribution in [3.05, 3.63) is 53.0 Å². The van der Waals surface area contributed by atoms with Gasteiger partial charge in [0.1, 0.15) is 17.8 Å². The van der Waals surface area contributed by atoms with Gasteiger partial charge in [-0.1, -0.05) is 52.0 Å². The number of hydrogen-bond donors (Lipinski definition) is 1. The van der Waals surface area contributed by atoms with Crippen LogP contribution in [0, 0.1) is 6.92 Å². The van der Waals surface area contributed by atoms with Gasteiger partial charge in [0, 0.05) is 43.8 Å². The van der Waals surface area contributed by atoms with Gasteiger partial charge >= 0.3 is 0 Å². The molecule has 1 amide bonds. The minimum absolute atomic E-state index is 0.0404. The molecule has 2 aliphatic rings. The third kappa shape index (κ3) is 7.19. The molecule has 0 atom stereocenters. The number of carbonyl (C=O) groups is 1. The second kappa shape index (κ2) is 12.5. The molecular weight excluding hydrogens is 524 g/mol. The van der Waals surface area contributed by atoms with Crippen LogP contribution in [0.2, 0.25) is 0 Å². The number of rotatable bonds is 8. The Morgan fingerprint density at radius 1 is 1.02 bits per heavy atom. The van der Waals surface area contributed by atoms with E-state index in [9.17, 15) is 13.2 Å².